The quantitative estimate of drug-likeness (QED) is 0.399. The zero-order chi connectivity index (χ0) is 23.4. The molecule has 0 radical (unpaired) electrons. The number of carbonyl (C=O) groups is 2. The molecule has 2 amide bonds. The zero-order valence-electron chi connectivity index (χ0n) is 18.6. The third-order valence-corrected chi connectivity index (χ3v) is 6.83. The number of benzene rings is 2. The normalized spacial score (nSPS) is 18.0. The molecule has 0 bridgehead atoms. The molecule has 2 aromatic rings. The maximum absolute atomic E-state index is 13.9. The Labute approximate surface area is 193 Å². The first-order valence-corrected chi connectivity index (χ1v) is 11.2. The van der Waals surface area contributed by atoms with E-state index in [1.807, 2.05) is 35.2 Å². The van der Waals surface area contributed by atoms with Crippen LogP contribution in [0.4, 0.5) is 11.4 Å². The maximum atomic E-state index is 13.9. The van der Waals surface area contributed by atoms with E-state index in [1.54, 1.807) is 17.0 Å². The van der Waals surface area contributed by atoms with Crippen molar-refractivity contribution in [3.05, 3.63) is 82.9 Å². The third-order valence-electron chi connectivity index (χ3n) is 6.83. The van der Waals surface area contributed by atoms with E-state index in [0.717, 1.165) is 11.3 Å². The lowest BCUT2D eigenvalue weighted by atomic mass is 9.71. The smallest absolute Gasteiger partial charge is 0.269 e. The highest BCUT2D eigenvalue weighted by atomic mass is 16.6. The van der Waals surface area contributed by atoms with Crippen molar-refractivity contribution in [2.24, 2.45) is 0 Å². The molecule has 2 fully saturated rings. The van der Waals surface area contributed by atoms with Crippen molar-refractivity contribution in [1.29, 1.82) is 0 Å². The Morgan fingerprint density at radius 3 is 2.03 bits per heavy atom. The van der Waals surface area contributed by atoms with Crippen LogP contribution in [0.3, 0.4) is 0 Å². The summed E-state index contributed by atoms with van der Waals surface area (Å²) in [5, 5.41) is 10.9. The second-order valence-electron chi connectivity index (χ2n) is 8.53. The topological polar surface area (TPSA) is 87.0 Å². The van der Waals surface area contributed by atoms with Crippen molar-refractivity contribution in [1.82, 2.24) is 9.80 Å². The maximum Gasteiger partial charge on any atom is 0.269 e. The summed E-state index contributed by atoms with van der Waals surface area (Å²) >= 11 is 0. The van der Waals surface area contributed by atoms with E-state index in [4.69, 9.17) is 0 Å². The number of hydrogen-bond acceptors (Lipinski definition) is 5. The molecule has 0 saturated carbocycles. The summed E-state index contributed by atoms with van der Waals surface area (Å²) in [5.74, 6) is 0.0172. The van der Waals surface area contributed by atoms with Crippen LogP contribution in [0, 0.1) is 10.1 Å². The van der Waals surface area contributed by atoms with Crippen LogP contribution in [-0.2, 0) is 15.0 Å². The third kappa shape index (κ3) is 4.46. The van der Waals surface area contributed by atoms with Gasteiger partial charge in [-0.05, 0) is 36.6 Å². The van der Waals surface area contributed by atoms with Gasteiger partial charge in [0.05, 0.1) is 10.3 Å². The number of nitro benzene ring substituents is 1. The van der Waals surface area contributed by atoms with Gasteiger partial charge in [-0.15, -0.1) is 0 Å². The number of nitro groups is 1. The minimum absolute atomic E-state index is 0.0682. The van der Waals surface area contributed by atoms with Gasteiger partial charge in [-0.1, -0.05) is 36.9 Å². The Bertz CT molecular complexity index is 1020. The van der Waals surface area contributed by atoms with Crippen molar-refractivity contribution in [2.75, 3.05) is 44.2 Å². The van der Waals surface area contributed by atoms with Gasteiger partial charge in [0.25, 0.3) is 5.69 Å². The summed E-state index contributed by atoms with van der Waals surface area (Å²) in [6.45, 7) is 7.11. The van der Waals surface area contributed by atoms with Gasteiger partial charge in [0.1, 0.15) is 0 Å². The lowest BCUT2D eigenvalue weighted by Gasteiger charge is -2.45. The number of carbonyl (C=O) groups excluding carboxylic acids is 2. The number of piperazine rings is 1. The highest BCUT2D eigenvalue weighted by Gasteiger charge is 2.46. The molecular formula is C25H28N4O4. The first-order valence-electron chi connectivity index (χ1n) is 11.2. The van der Waals surface area contributed by atoms with E-state index in [0.29, 0.717) is 52.1 Å². The van der Waals surface area contributed by atoms with E-state index in [9.17, 15) is 19.7 Å². The molecule has 0 spiro atoms. The van der Waals surface area contributed by atoms with Crippen LogP contribution >= 0.6 is 0 Å². The molecule has 0 aliphatic carbocycles. The van der Waals surface area contributed by atoms with E-state index < -0.39 is 10.3 Å². The molecule has 2 saturated heterocycles. The molecule has 2 aliphatic rings. The van der Waals surface area contributed by atoms with Crippen molar-refractivity contribution >= 4 is 23.2 Å². The highest BCUT2D eigenvalue weighted by Crippen LogP contribution is 2.38. The predicted octanol–water partition coefficient (Wildman–Crippen LogP) is 2.99. The molecule has 2 aromatic carbocycles. The number of piperidine rings is 1. The Morgan fingerprint density at radius 2 is 1.48 bits per heavy atom. The van der Waals surface area contributed by atoms with Crippen LogP contribution in [0.25, 0.3) is 0 Å². The highest BCUT2D eigenvalue weighted by molar-refractivity contribution is 5.90. The molecule has 2 heterocycles. The summed E-state index contributed by atoms with van der Waals surface area (Å²) in [7, 11) is 0. The van der Waals surface area contributed by atoms with Gasteiger partial charge in [-0.2, -0.15) is 0 Å². The average molecular weight is 449 g/mol. The van der Waals surface area contributed by atoms with Gasteiger partial charge in [-0.3, -0.25) is 19.7 Å². The second kappa shape index (κ2) is 9.44. The molecule has 0 aromatic heterocycles. The summed E-state index contributed by atoms with van der Waals surface area (Å²) in [6, 6.07) is 16.4. The minimum Gasteiger partial charge on any atom is -0.368 e. The molecular weight excluding hydrogens is 420 g/mol. The fraction of sp³-hybridized carbons (Fsp3) is 0.360. The number of rotatable bonds is 5. The minimum atomic E-state index is -0.644. The number of anilines is 1. The van der Waals surface area contributed by atoms with E-state index in [2.05, 4.69) is 11.5 Å². The fourth-order valence-corrected chi connectivity index (χ4v) is 4.88. The van der Waals surface area contributed by atoms with Crippen LogP contribution in [-0.4, -0.2) is 65.8 Å². The van der Waals surface area contributed by atoms with Gasteiger partial charge >= 0.3 is 0 Å². The monoisotopic (exact) mass is 448 g/mol. The standard InChI is InChI=1S/C25H28N4O4/c1-2-23(30)27-14-12-25(13-15-27,20-6-4-3-5-7-20)24(31)28-18-16-26(17-19-28)21-8-10-22(11-9-21)29(32)33/h2-11H,1,12-19H2. The van der Waals surface area contributed by atoms with Crippen LogP contribution in [0.5, 0.6) is 0 Å². The molecule has 8 nitrogen and oxygen atoms in total. The van der Waals surface area contributed by atoms with Gasteiger partial charge < -0.3 is 14.7 Å². The van der Waals surface area contributed by atoms with E-state index in [-0.39, 0.29) is 17.5 Å². The van der Waals surface area contributed by atoms with Crippen molar-refractivity contribution in [3.63, 3.8) is 0 Å². The molecule has 2 aliphatic heterocycles. The molecule has 4 rings (SSSR count). The SMILES string of the molecule is C=CC(=O)N1CCC(C(=O)N2CCN(c3ccc([N+](=O)[O-])cc3)CC2)(c2ccccc2)CC1. The van der Waals surface area contributed by atoms with Crippen LogP contribution in [0.15, 0.2) is 67.3 Å². The van der Waals surface area contributed by atoms with Gasteiger partial charge in [0.2, 0.25) is 11.8 Å². The number of non-ortho nitro benzene ring substituents is 1. The van der Waals surface area contributed by atoms with Crippen molar-refractivity contribution in [2.45, 2.75) is 18.3 Å². The van der Waals surface area contributed by atoms with Crippen LogP contribution < -0.4 is 4.90 Å². The van der Waals surface area contributed by atoms with Gasteiger partial charge in [0.15, 0.2) is 0 Å². The summed E-state index contributed by atoms with van der Waals surface area (Å²) < 4.78 is 0. The number of hydrogen-bond donors (Lipinski definition) is 0. The van der Waals surface area contributed by atoms with Crippen LogP contribution in [0.2, 0.25) is 0 Å². The molecule has 0 N–H and O–H groups in total. The Kier molecular flexibility index (Phi) is 6.44. The second-order valence-corrected chi connectivity index (χ2v) is 8.53. The summed E-state index contributed by atoms with van der Waals surface area (Å²) in [4.78, 5) is 42.3. The Morgan fingerprint density at radius 1 is 0.879 bits per heavy atom. The lowest BCUT2D eigenvalue weighted by molar-refractivity contribution is -0.384. The fourth-order valence-electron chi connectivity index (χ4n) is 4.88. The Hall–Kier alpha value is -3.68. The van der Waals surface area contributed by atoms with E-state index in [1.165, 1.54) is 18.2 Å². The first kappa shape index (κ1) is 22.5. The van der Waals surface area contributed by atoms with Crippen molar-refractivity contribution in [3.8, 4) is 0 Å². The average Bonchev–Trinajstić information content (AvgIpc) is 2.88. The summed E-state index contributed by atoms with van der Waals surface area (Å²) in [5.41, 5.74) is 1.34. The van der Waals surface area contributed by atoms with Gasteiger partial charge in [-0.25, -0.2) is 0 Å². The molecule has 33 heavy (non-hydrogen) atoms. The lowest BCUT2D eigenvalue weighted by Crippen LogP contribution is -2.57. The predicted molar refractivity (Wildman–Crippen MR) is 126 cm³/mol. The zero-order valence-corrected chi connectivity index (χ0v) is 18.6. The first-order chi connectivity index (χ1) is 15.9. The summed E-state index contributed by atoms with van der Waals surface area (Å²) in [6.07, 6.45) is 2.49. The number of nitrogens with zero attached hydrogens (tertiary/aromatic N) is 4. The van der Waals surface area contributed by atoms with E-state index >= 15 is 0 Å². The van der Waals surface area contributed by atoms with Gasteiger partial charge in [0, 0.05) is 57.1 Å². The largest absolute Gasteiger partial charge is 0.368 e. The van der Waals surface area contributed by atoms with Crippen molar-refractivity contribution < 1.29 is 14.5 Å². The Balaban J connectivity index is 1.48. The molecule has 172 valence electrons. The molecule has 0 atom stereocenters. The van der Waals surface area contributed by atoms with Crippen LogP contribution in [0.1, 0.15) is 18.4 Å². The number of amides is 2. The molecule has 8 heteroatoms. The molecule has 0 unspecified atom stereocenters. The number of likely N-dealkylation sites (tertiary alicyclic amines) is 1.